The molecule has 2 aromatic carbocycles. The largest absolute Gasteiger partial charge is 0.464 e. The molecule has 6 atom stereocenters. The molecule has 1 aromatic heterocycles. The third kappa shape index (κ3) is 7.35. The SMILES string of the molecule is CC(NP(=S)(OC[C@H]1O[C@@H](n2ccc(=O)[nH]c2=O)[C@](C)(O)[C@@H]1O)Oc1cccc2ccccc12)C(=O)OCC(C)(C)C. The lowest BCUT2D eigenvalue weighted by Gasteiger charge is -2.29. The topological polar surface area (TPSA) is 161 Å². The van der Waals surface area contributed by atoms with Gasteiger partial charge in [0.25, 0.3) is 5.56 Å². The summed E-state index contributed by atoms with van der Waals surface area (Å²) in [5.41, 5.74) is -3.63. The van der Waals surface area contributed by atoms with E-state index in [1.165, 1.54) is 6.92 Å². The lowest BCUT2D eigenvalue weighted by atomic mass is 9.96. The average molecular weight is 622 g/mol. The van der Waals surface area contributed by atoms with E-state index in [1.54, 1.807) is 19.1 Å². The van der Waals surface area contributed by atoms with E-state index < -0.39 is 53.9 Å². The first-order valence-corrected chi connectivity index (χ1v) is 16.0. The van der Waals surface area contributed by atoms with Gasteiger partial charge in [0.1, 0.15) is 29.6 Å². The van der Waals surface area contributed by atoms with Crippen LogP contribution in [-0.4, -0.2) is 62.8 Å². The minimum Gasteiger partial charge on any atom is -0.464 e. The smallest absolute Gasteiger partial charge is 0.330 e. The fourth-order valence-corrected chi connectivity index (χ4v) is 6.78. The Morgan fingerprint density at radius 3 is 2.60 bits per heavy atom. The van der Waals surface area contributed by atoms with Crippen LogP contribution in [0.5, 0.6) is 5.75 Å². The van der Waals surface area contributed by atoms with E-state index >= 15 is 0 Å². The van der Waals surface area contributed by atoms with Crippen LogP contribution in [0.2, 0.25) is 0 Å². The Kier molecular flexibility index (Phi) is 9.43. The first-order chi connectivity index (χ1) is 19.6. The third-order valence-corrected chi connectivity index (χ3v) is 9.07. The van der Waals surface area contributed by atoms with Crippen LogP contribution in [0.4, 0.5) is 0 Å². The number of fused-ring (bicyclic) bond motifs is 1. The zero-order chi connectivity index (χ0) is 30.9. The van der Waals surface area contributed by atoms with Crippen molar-refractivity contribution < 1.29 is 33.5 Å². The van der Waals surface area contributed by atoms with E-state index in [1.807, 2.05) is 51.1 Å². The third-order valence-electron chi connectivity index (χ3n) is 6.59. The van der Waals surface area contributed by atoms with Gasteiger partial charge >= 0.3 is 18.3 Å². The number of esters is 1. The summed E-state index contributed by atoms with van der Waals surface area (Å²) in [5.74, 6) is -0.140. The van der Waals surface area contributed by atoms with E-state index in [0.717, 1.165) is 27.6 Å². The molecule has 1 fully saturated rings. The van der Waals surface area contributed by atoms with Gasteiger partial charge in [-0.2, -0.15) is 0 Å². The maximum absolute atomic E-state index is 12.8. The summed E-state index contributed by atoms with van der Waals surface area (Å²) in [4.78, 5) is 38.8. The van der Waals surface area contributed by atoms with Crippen molar-refractivity contribution >= 4 is 35.2 Å². The molecule has 1 aliphatic rings. The number of carbonyl (C=O) groups is 1. The maximum atomic E-state index is 12.8. The van der Waals surface area contributed by atoms with Crippen LogP contribution >= 0.6 is 6.64 Å². The molecule has 0 bridgehead atoms. The number of aliphatic hydroxyl groups is 2. The number of aromatic amines is 1. The second-order valence-electron chi connectivity index (χ2n) is 11.6. The van der Waals surface area contributed by atoms with Crippen LogP contribution in [-0.2, 0) is 30.6 Å². The first-order valence-electron chi connectivity index (χ1n) is 13.3. The normalized spacial score (nSPS) is 24.7. The molecule has 4 N–H and O–H groups in total. The summed E-state index contributed by atoms with van der Waals surface area (Å²) in [6, 6.07) is 13.1. The first kappa shape index (κ1) is 32.0. The summed E-state index contributed by atoms with van der Waals surface area (Å²) in [5, 5.41) is 26.6. The standard InChI is InChI=1S/C28H36N3O9PS/c1-17(24(34)37-16-27(2,3)4)30-41(42,40-20-12-8-10-18-9-6-7-11-19(18)20)38-15-21-23(33)28(5,36)25(39-21)31-14-13-22(32)29-26(31)35/h6-14,17,21,23,25,33,36H,15-16H2,1-5H3,(H,30,42)(H,29,32,35)/t17?,21-,23-,25-,28-,41?/m1/s1. The minimum absolute atomic E-state index is 0.189. The molecule has 42 heavy (non-hydrogen) atoms. The lowest BCUT2D eigenvalue weighted by Crippen LogP contribution is -2.47. The van der Waals surface area contributed by atoms with E-state index in [2.05, 4.69) is 10.1 Å². The van der Waals surface area contributed by atoms with Gasteiger partial charge < -0.3 is 28.7 Å². The van der Waals surface area contributed by atoms with E-state index in [0.29, 0.717) is 5.75 Å². The number of carbonyl (C=O) groups excluding carboxylic acids is 1. The average Bonchev–Trinajstić information content (AvgIpc) is 3.14. The number of rotatable bonds is 10. The van der Waals surface area contributed by atoms with Gasteiger partial charge in [-0.25, -0.2) is 9.88 Å². The van der Waals surface area contributed by atoms with Crippen molar-refractivity contribution in [3.8, 4) is 5.75 Å². The van der Waals surface area contributed by atoms with Gasteiger partial charge in [0.05, 0.1) is 13.2 Å². The summed E-state index contributed by atoms with van der Waals surface area (Å²) < 4.78 is 24.6. The van der Waals surface area contributed by atoms with Crippen molar-refractivity contribution in [3.05, 3.63) is 75.6 Å². The van der Waals surface area contributed by atoms with Gasteiger partial charge in [-0.3, -0.25) is 19.1 Å². The molecule has 0 radical (unpaired) electrons. The number of hydrogen-bond acceptors (Lipinski definition) is 10. The number of nitrogens with one attached hydrogen (secondary N) is 2. The molecule has 2 unspecified atom stereocenters. The van der Waals surface area contributed by atoms with Crippen LogP contribution in [0.25, 0.3) is 10.8 Å². The highest BCUT2D eigenvalue weighted by Crippen LogP contribution is 2.48. The van der Waals surface area contributed by atoms with Gasteiger partial charge in [-0.1, -0.05) is 57.2 Å². The Bertz CT molecular complexity index is 1590. The molecular weight excluding hydrogens is 585 g/mol. The number of ether oxygens (including phenoxy) is 2. The minimum atomic E-state index is -3.55. The van der Waals surface area contributed by atoms with Crippen LogP contribution < -0.4 is 20.9 Å². The van der Waals surface area contributed by atoms with Gasteiger partial charge in [0, 0.05) is 17.6 Å². The second kappa shape index (κ2) is 12.4. The summed E-state index contributed by atoms with van der Waals surface area (Å²) in [6.07, 6.45) is -2.86. The Morgan fingerprint density at radius 1 is 1.21 bits per heavy atom. The van der Waals surface area contributed by atoms with Crippen LogP contribution in [0.15, 0.2) is 64.3 Å². The molecule has 0 aliphatic carbocycles. The zero-order valence-corrected chi connectivity index (χ0v) is 25.7. The quantitative estimate of drug-likeness (QED) is 0.195. The molecule has 4 rings (SSSR count). The van der Waals surface area contributed by atoms with E-state index in [4.69, 9.17) is 30.3 Å². The predicted octanol–water partition coefficient (Wildman–Crippen LogP) is 2.59. The number of H-pyrrole nitrogens is 1. The number of aromatic nitrogens is 2. The second-order valence-corrected chi connectivity index (χ2v) is 14.7. The summed E-state index contributed by atoms with van der Waals surface area (Å²) in [7, 11) is 0. The monoisotopic (exact) mass is 621 g/mol. The Labute approximate surface area is 247 Å². The molecule has 1 saturated heterocycles. The Balaban J connectivity index is 1.58. The van der Waals surface area contributed by atoms with Gasteiger partial charge in [0.2, 0.25) is 0 Å². The van der Waals surface area contributed by atoms with Crippen molar-refractivity contribution in [1.29, 1.82) is 0 Å². The fourth-order valence-electron chi connectivity index (χ4n) is 4.36. The molecular formula is C28H36N3O9PS. The van der Waals surface area contributed by atoms with Crippen LogP contribution in [0, 0.1) is 5.41 Å². The van der Waals surface area contributed by atoms with Crippen molar-refractivity contribution in [2.24, 2.45) is 5.41 Å². The van der Waals surface area contributed by atoms with Gasteiger partial charge in [-0.05, 0) is 42.5 Å². The molecule has 0 amide bonds. The van der Waals surface area contributed by atoms with E-state index in [9.17, 15) is 24.6 Å². The lowest BCUT2D eigenvalue weighted by molar-refractivity contribution is -0.148. The summed E-state index contributed by atoms with van der Waals surface area (Å²) in [6.45, 7) is 4.95. The van der Waals surface area contributed by atoms with E-state index in [-0.39, 0.29) is 18.6 Å². The molecule has 12 nitrogen and oxygen atoms in total. The molecule has 2 heterocycles. The highest BCUT2D eigenvalue weighted by Gasteiger charge is 2.54. The van der Waals surface area contributed by atoms with Gasteiger partial charge in [-0.15, -0.1) is 0 Å². The highest BCUT2D eigenvalue weighted by molar-refractivity contribution is 8.09. The summed E-state index contributed by atoms with van der Waals surface area (Å²) >= 11 is 5.84. The number of hydrogen-bond donors (Lipinski definition) is 4. The Hall–Kier alpha value is -2.90. The fraction of sp³-hybridized carbons (Fsp3) is 0.464. The number of nitrogens with zero attached hydrogens (tertiary/aromatic N) is 1. The number of benzene rings is 2. The molecule has 0 saturated carbocycles. The van der Waals surface area contributed by atoms with Crippen molar-refractivity contribution in [3.63, 3.8) is 0 Å². The van der Waals surface area contributed by atoms with Gasteiger partial charge in [0.15, 0.2) is 6.23 Å². The molecule has 3 aromatic rings. The predicted molar refractivity (Wildman–Crippen MR) is 160 cm³/mol. The highest BCUT2D eigenvalue weighted by atomic mass is 32.5. The molecule has 1 aliphatic heterocycles. The molecule has 14 heteroatoms. The Morgan fingerprint density at radius 2 is 1.90 bits per heavy atom. The maximum Gasteiger partial charge on any atom is 0.330 e. The molecule has 228 valence electrons. The van der Waals surface area contributed by atoms with Crippen LogP contribution in [0.1, 0.15) is 40.8 Å². The van der Waals surface area contributed by atoms with Crippen molar-refractivity contribution in [1.82, 2.24) is 14.6 Å². The van der Waals surface area contributed by atoms with Crippen LogP contribution in [0.3, 0.4) is 0 Å². The molecule has 0 spiro atoms. The van der Waals surface area contributed by atoms with Crippen molar-refractivity contribution in [2.75, 3.05) is 13.2 Å². The van der Waals surface area contributed by atoms with Crippen molar-refractivity contribution in [2.45, 2.75) is 64.7 Å². The number of aliphatic hydroxyl groups excluding tert-OH is 1. The zero-order valence-electron chi connectivity index (χ0n) is 24.0.